The van der Waals surface area contributed by atoms with Crippen molar-refractivity contribution >= 4 is 11.0 Å². The molecule has 7 atom stereocenters. The number of methoxy groups -OCH3 is 1. The second-order valence-corrected chi connectivity index (χ2v) is 7.46. The maximum Gasteiger partial charge on any atom is 0.193 e. The van der Waals surface area contributed by atoms with Crippen molar-refractivity contribution in [3.05, 3.63) is 39.2 Å². The topological polar surface area (TPSA) is 170 Å². The van der Waals surface area contributed by atoms with Gasteiger partial charge in [-0.05, 0) is 25.5 Å². The largest absolute Gasteiger partial charge is 0.496 e. The summed E-state index contributed by atoms with van der Waals surface area (Å²) < 4.78 is 16.8. The first-order valence-electron chi connectivity index (χ1n) is 9.44. The Morgan fingerprint density at radius 2 is 1.80 bits per heavy atom. The minimum Gasteiger partial charge on any atom is -0.496 e. The number of ether oxygens (including phenoxy) is 2. The Morgan fingerprint density at radius 3 is 2.37 bits per heavy atom. The van der Waals surface area contributed by atoms with Gasteiger partial charge in [-0.25, -0.2) is 0 Å². The molecule has 1 aromatic heterocycles. The van der Waals surface area contributed by atoms with Gasteiger partial charge in [-0.15, -0.1) is 0 Å². The van der Waals surface area contributed by atoms with E-state index in [0.717, 1.165) is 6.07 Å². The summed E-state index contributed by atoms with van der Waals surface area (Å²) in [7, 11) is 1.35. The molecule has 7 unspecified atom stereocenters. The first-order chi connectivity index (χ1) is 14.1. The zero-order chi connectivity index (χ0) is 22.3. The van der Waals surface area contributed by atoms with Crippen LogP contribution in [0.15, 0.2) is 21.3 Å². The van der Waals surface area contributed by atoms with Gasteiger partial charge in [-0.1, -0.05) is 0 Å². The normalized spacial score (nSPS) is 29.0. The van der Waals surface area contributed by atoms with Crippen LogP contribution in [-0.2, 0) is 4.74 Å². The number of aliphatic hydroxyl groups is 6. The molecule has 0 aliphatic carbocycles. The lowest BCUT2D eigenvalue weighted by atomic mass is 9.89. The fourth-order valence-corrected chi connectivity index (χ4v) is 3.70. The molecular formula is C20H26O10. The fraction of sp³-hybridized carbons (Fsp3) is 0.550. The highest BCUT2D eigenvalue weighted by molar-refractivity contribution is 5.86. The number of hydrogen-bond donors (Lipinski definition) is 6. The standard InChI is InChI=1S/C20H26O10/c1-7-4-10(28-3)14(20-18(27)17(26)16(25)12(6-21)30-20)19-13(7)9(23)5-11(29-19)15(24)8(2)22/h4-5,8,12,15-18,20-22,24-27H,6H2,1-3H3. The Morgan fingerprint density at radius 1 is 1.13 bits per heavy atom. The third-order valence-corrected chi connectivity index (χ3v) is 5.36. The maximum atomic E-state index is 12.8. The lowest BCUT2D eigenvalue weighted by Crippen LogP contribution is -2.55. The molecule has 6 N–H and O–H groups in total. The van der Waals surface area contributed by atoms with Crippen LogP contribution in [0.4, 0.5) is 0 Å². The highest BCUT2D eigenvalue weighted by atomic mass is 16.5. The molecule has 2 aromatic rings. The van der Waals surface area contributed by atoms with E-state index in [2.05, 4.69) is 0 Å². The Bertz CT molecular complexity index is 966. The Balaban J connectivity index is 2.31. The fourth-order valence-electron chi connectivity index (χ4n) is 3.70. The summed E-state index contributed by atoms with van der Waals surface area (Å²) in [6, 6.07) is 2.59. The van der Waals surface area contributed by atoms with Crippen molar-refractivity contribution in [1.82, 2.24) is 0 Å². The van der Waals surface area contributed by atoms with Crippen LogP contribution in [-0.4, -0.2) is 74.9 Å². The van der Waals surface area contributed by atoms with Gasteiger partial charge in [-0.2, -0.15) is 0 Å². The summed E-state index contributed by atoms with van der Waals surface area (Å²) in [6.07, 6.45) is -10.1. The monoisotopic (exact) mass is 426 g/mol. The van der Waals surface area contributed by atoms with Crippen LogP contribution in [0.3, 0.4) is 0 Å². The van der Waals surface area contributed by atoms with Gasteiger partial charge in [0, 0.05) is 6.07 Å². The average molecular weight is 426 g/mol. The second kappa shape index (κ2) is 8.60. The molecule has 3 rings (SSSR count). The molecule has 1 aliphatic heterocycles. The quantitative estimate of drug-likeness (QED) is 0.350. The third kappa shape index (κ3) is 3.71. The number of rotatable bonds is 5. The molecular weight excluding hydrogens is 400 g/mol. The summed E-state index contributed by atoms with van der Waals surface area (Å²) in [6.45, 7) is 2.33. The van der Waals surface area contributed by atoms with E-state index >= 15 is 0 Å². The lowest BCUT2D eigenvalue weighted by Gasteiger charge is -2.40. The molecule has 0 amide bonds. The van der Waals surface area contributed by atoms with Crippen LogP contribution in [0.25, 0.3) is 11.0 Å². The predicted molar refractivity (Wildman–Crippen MR) is 103 cm³/mol. The Labute approximate surface area is 171 Å². The Kier molecular flexibility index (Phi) is 6.48. The van der Waals surface area contributed by atoms with Gasteiger partial charge in [0.15, 0.2) is 5.43 Å². The molecule has 2 heterocycles. The number of benzene rings is 1. The van der Waals surface area contributed by atoms with Crippen LogP contribution >= 0.6 is 0 Å². The molecule has 0 bridgehead atoms. The van der Waals surface area contributed by atoms with E-state index in [1.54, 1.807) is 6.92 Å². The first-order valence-corrected chi connectivity index (χ1v) is 9.44. The SMILES string of the molecule is COc1cc(C)c2c(=O)cc(C(O)C(C)O)oc2c1C1OC(CO)C(O)C(O)C1O. The van der Waals surface area contributed by atoms with Crippen molar-refractivity contribution in [3.8, 4) is 5.75 Å². The van der Waals surface area contributed by atoms with Crippen LogP contribution in [0.5, 0.6) is 5.75 Å². The molecule has 0 spiro atoms. The molecule has 1 aromatic carbocycles. The van der Waals surface area contributed by atoms with Gasteiger partial charge >= 0.3 is 0 Å². The van der Waals surface area contributed by atoms with Gasteiger partial charge in [0.05, 0.1) is 30.8 Å². The van der Waals surface area contributed by atoms with Crippen molar-refractivity contribution in [2.75, 3.05) is 13.7 Å². The van der Waals surface area contributed by atoms with Crippen LogP contribution in [0.2, 0.25) is 0 Å². The molecule has 1 saturated heterocycles. The Hall–Kier alpha value is -2.05. The van der Waals surface area contributed by atoms with Crippen molar-refractivity contribution in [3.63, 3.8) is 0 Å². The highest BCUT2D eigenvalue weighted by Gasteiger charge is 2.46. The zero-order valence-electron chi connectivity index (χ0n) is 16.7. The number of aryl methyl sites for hydroxylation is 1. The van der Waals surface area contributed by atoms with E-state index < -0.39 is 54.8 Å². The van der Waals surface area contributed by atoms with Crippen molar-refractivity contribution in [1.29, 1.82) is 0 Å². The van der Waals surface area contributed by atoms with E-state index in [1.165, 1.54) is 20.1 Å². The summed E-state index contributed by atoms with van der Waals surface area (Å²) in [5.74, 6) is -0.0443. The molecule has 0 radical (unpaired) electrons. The van der Waals surface area contributed by atoms with Crippen LogP contribution in [0.1, 0.15) is 36.0 Å². The summed E-state index contributed by atoms with van der Waals surface area (Å²) in [5, 5.41) is 60.3. The van der Waals surface area contributed by atoms with Crippen molar-refractivity contribution in [2.24, 2.45) is 0 Å². The summed E-state index contributed by atoms with van der Waals surface area (Å²) in [5.41, 5.74) is -0.0240. The van der Waals surface area contributed by atoms with Gasteiger partial charge in [0.25, 0.3) is 0 Å². The van der Waals surface area contributed by atoms with Crippen LogP contribution in [0, 0.1) is 6.92 Å². The van der Waals surface area contributed by atoms with Gasteiger partial charge < -0.3 is 44.5 Å². The van der Waals surface area contributed by atoms with E-state index in [-0.39, 0.29) is 28.0 Å². The second-order valence-electron chi connectivity index (χ2n) is 7.46. The minimum atomic E-state index is -1.65. The molecule has 1 fully saturated rings. The number of aliphatic hydroxyl groups excluding tert-OH is 6. The first kappa shape index (κ1) is 22.6. The van der Waals surface area contributed by atoms with Gasteiger partial charge in [0.2, 0.25) is 0 Å². The van der Waals surface area contributed by atoms with Crippen molar-refractivity contribution < 1.29 is 44.5 Å². The molecule has 1 aliphatic rings. The number of fused-ring (bicyclic) bond motifs is 1. The molecule has 0 saturated carbocycles. The summed E-state index contributed by atoms with van der Waals surface area (Å²) in [4.78, 5) is 12.8. The van der Waals surface area contributed by atoms with Crippen LogP contribution < -0.4 is 10.2 Å². The van der Waals surface area contributed by atoms with Gasteiger partial charge in [-0.3, -0.25) is 4.79 Å². The third-order valence-electron chi connectivity index (χ3n) is 5.36. The zero-order valence-corrected chi connectivity index (χ0v) is 16.7. The smallest absolute Gasteiger partial charge is 0.193 e. The highest BCUT2D eigenvalue weighted by Crippen LogP contribution is 2.42. The van der Waals surface area contributed by atoms with Crippen molar-refractivity contribution in [2.45, 2.75) is 56.6 Å². The van der Waals surface area contributed by atoms with E-state index in [1.807, 2.05) is 0 Å². The molecule has 30 heavy (non-hydrogen) atoms. The predicted octanol–water partition coefficient (Wildman–Crippen LogP) is -0.961. The van der Waals surface area contributed by atoms with E-state index in [4.69, 9.17) is 13.9 Å². The van der Waals surface area contributed by atoms with Gasteiger partial charge in [0.1, 0.15) is 53.7 Å². The summed E-state index contributed by atoms with van der Waals surface area (Å²) >= 11 is 0. The minimum absolute atomic E-state index is 0.0618. The molecule has 10 heteroatoms. The lowest BCUT2D eigenvalue weighted by molar-refractivity contribution is -0.231. The van der Waals surface area contributed by atoms with E-state index in [9.17, 15) is 35.4 Å². The molecule has 166 valence electrons. The molecule has 10 nitrogen and oxygen atoms in total. The maximum absolute atomic E-state index is 12.8. The number of hydrogen-bond acceptors (Lipinski definition) is 10. The average Bonchev–Trinajstić information content (AvgIpc) is 2.71. The van der Waals surface area contributed by atoms with E-state index in [0.29, 0.717) is 5.56 Å².